The zero-order valence-electron chi connectivity index (χ0n) is 19.9. The standard InChI is InChI=1S/C23H36N6O2.HI/c1-6-24-21(25-12-11-19-15-28-13-7-9-17(2)20(28)26-19)27-18-10-8-14-29(16-18)22(30)31-23(3,4)5;/h7,9,13,15,18H,6,8,10-12,14,16H2,1-5H3,(H2,24,25,27);1H. The number of fused-ring (bicyclic) bond motifs is 1. The molecule has 178 valence electrons. The lowest BCUT2D eigenvalue weighted by molar-refractivity contribution is 0.0193. The molecule has 0 bridgehead atoms. The van der Waals surface area contributed by atoms with Crippen molar-refractivity contribution in [1.29, 1.82) is 0 Å². The summed E-state index contributed by atoms with van der Waals surface area (Å²) >= 11 is 0. The van der Waals surface area contributed by atoms with Crippen molar-refractivity contribution in [2.75, 3.05) is 26.2 Å². The summed E-state index contributed by atoms with van der Waals surface area (Å²) in [7, 11) is 0. The van der Waals surface area contributed by atoms with Crippen molar-refractivity contribution in [2.45, 2.75) is 65.5 Å². The van der Waals surface area contributed by atoms with Gasteiger partial charge in [-0.3, -0.25) is 4.99 Å². The average molecular weight is 556 g/mol. The number of amides is 1. The van der Waals surface area contributed by atoms with Crippen LogP contribution in [0.3, 0.4) is 0 Å². The van der Waals surface area contributed by atoms with Crippen molar-refractivity contribution in [3.8, 4) is 0 Å². The Bertz CT molecular complexity index is 921. The Morgan fingerprint density at radius 3 is 2.84 bits per heavy atom. The highest BCUT2D eigenvalue weighted by Crippen LogP contribution is 2.15. The normalized spacial score (nSPS) is 17.1. The van der Waals surface area contributed by atoms with Gasteiger partial charge in [-0.15, -0.1) is 24.0 Å². The van der Waals surface area contributed by atoms with Crippen LogP contribution >= 0.6 is 24.0 Å². The molecule has 1 amide bonds. The molecule has 9 heteroatoms. The van der Waals surface area contributed by atoms with E-state index in [1.807, 2.05) is 33.0 Å². The number of carbonyl (C=O) groups excluding carboxylic acids is 1. The minimum atomic E-state index is -0.482. The molecule has 2 aromatic heterocycles. The number of hydrogen-bond donors (Lipinski definition) is 2. The quantitative estimate of drug-likeness (QED) is 0.333. The van der Waals surface area contributed by atoms with Crippen LogP contribution in [0.2, 0.25) is 0 Å². The number of pyridine rings is 1. The summed E-state index contributed by atoms with van der Waals surface area (Å²) in [6.45, 7) is 12.6. The smallest absolute Gasteiger partial charge is 0.410 e. The molecule has 1 unspecified atom stereocenters. The Morgan fingerprint density at radius 2 is 2.16 bits per heavy atom. The molecule has 2 N–H and O–H groups in total. The van der Waals surface area contributed by atoms with Crippen LogP contribution in [-0.2, 0) is 11.2 Å². The Labute approximate surface area is 208 Å². The Morgan fingerprint density at radius 1 is 1.38 bits per heavy atom. The lowest BCUT2D eigenvalue weighted by Gasteiger charge is -2.35. The molecule has 1 saturated heterocycles. The number of carbonyl (C=O) groups is 1. The molecule has 8 nitrogen and oxygen atoms in total. The van der Waals surface area contributed by atoms with E-state index >= 15 is 0 Å². The van der Waals surface area contributed by atoms with Gasteiger partial charge in [-0.2, -0.15) is 0 Å². The highest BCUT2D eigenvalue weighted by atomic mass is 127. The fourth-order valence-corrected chi connectivity index (χ4v) is 3.71. The second-order valence-corrected chi connectivity index (χ2v) is 9.07. The molecule has 3 heterocycles. The minimum absolute atomic E-state index is 0. The van der Waals surface area contributed by atoms with Gasteiger partial charge in [0.1, 0.15) is 11.2 Å². The second-order valence-electron chi connectivity index (χ2n) is 9.07. The molecule has 1 atom stereocenters. The van der Waals surface area contributed by atoms with Gasteiger partial charge in [0.25, 0.3) is 0 Å². The van der Waals surface area contributed by atoms with Crippen molar-refractivity contribution in [2.24, 2.45) is 4.99 Å². The third kappa shape index (κ3) is 7.53. The largest absolute Gasteiger partial charge is 0.444 e. The molecule has 0 saturated carbocycles. The minimum Gasteiger partial charge on any atom is -0.444 e. The summed E-state index contributed by atoms with van der Waals surface area (Å²) in [4.78, 5) is 23.7. The maximum Gasteiger partial charge on any atom is 0.410 e. The van der Waals surface area contributed by atoms with Gasteiger partial charge >= 0.3 is 6.09 Å². The zero-order chi connectivity index (χ0) is 22.4. The van der Waals surface area contributed by atoms with Gasteiger partial charge in [-0.1, -0.05) is 6.07 Å². The summed E-state index contributed by atoms with van der Waals surface area (Å²) in [5.74, 6) is 0.776. The fraction of sp³-hybridized carbons (Fsp3) is 0.609. The van der Waals surface area contributed by atoms with E-state index in [-0.39, 0.29) is 36.1 Å². The average Bonchev–Trinajstić information content (AvgIpc) is 3.11. The summed E-state index contributed by atoms with van der Waals surface area (Å²) in [6, 6.07) is 4.25. The first-order valence-corrected chi connectivity index (χ1v) is 11.2. The van der Waals surface area contributed by atoms with Crippen molar-refractivity contribution in [3.05, 3.63) is 35.8 Å². The second kappa shape index (κ2) is 11.7. The molecule has 1 aliphatic rings. The fourth-order valence-electron chi connectivity index (χ4n) is 3.71. The maximum atomic E-state index is 12.4. The number of imidazole rings is 1. The molecule has 1 fully saturated rings. The van der Waals surface area contributed by atoms with Gasteiger partial charge in [0.05, 0.1) is 5.69 Å². The van der Waals surface area contributed by atoms with Crippen LogP contribution in [0.1, 0.15) is 51.8 Å². The Balaban J connectivity index is 0.00000363. The van der Waals surface area contributed by atoms with Crippen LogP contribution in [0.25, 0.3) is 5.65 Å². The van der Waals surface area contributed by atoms with Crippen LogP contribution in [0.15, 0.2) is 29.5 Å². The third-order valence-corrected chi connectivity index (χ3v) is 5.12. The van der Waals surface area contributed by atoms with E-state index in [1.165, 1.54) is 5.56 Å². The van der Waals surface area contributed by atoms with E-state index < -0.39 is 5.60 Å². The van der Waals surface area contributed by atoms with Crippen LogP contribution in [0.4, 0.5) is 4.79 Å². The van der Waals surface area contributed by atoms with Gasteiger partial charge in [-0.05, 0) is 59.1 Å². The summed E-state index contributed by atoms with van der Waals surface area (Å²) in [5.41, 5.74) is 2.71. The monoisotopic (exact) mass is 556 g/mol. The number of ether oxygens (including phenoxy) is 1. The zero-order valence-corrected chi connectivity index (χ0v) is 22.2. The molecule has 0 radical (unpaired) electrons. The van der Waals surface area contributed by atoms with Crippen LogP contribution in [-0.4, -0.2) is 64.2 Å². The number of nitrogens with one attached hydrogen (secondary N) is 2. The first-order valence-electron chi connectivity index (χ1n) is 11.2. The molecule has 3 rings (SSSR count). The van der Waals surface area contributed by atoms with E-state index in [1.54, 1.807) is 4.90 Å². The van der Waals surface area contributed by atoms with Gasteiger partial charge in [0, 0.05) is 51.0 Å². The number of likely N-dealkylation sites (tertiary alicyclic amines) is 1. The number of aromatic nitrogens is 2. The number of piperidine rings is 1. The lowest BCUT2D eigenvalue weighted by atomic mass is 10.1. The number of halogens is 1. The number of hydrogen-bond acceptors (Lipinski definition) is 4. The maximum absolute atomic E-state index is 12.4. The van der Waals surface area contributed by atoms with Crippen LogP contribution in [0.5, 0.6) is 0 Å². The van der Waals surface area contributed by atoms with E-state index in [0.29, 0.717) is 13.1 Å². The lowest BCUT2D eigenvalue weighted by Crippen LogP contribution is -2.53. The van der Waals surface area contributed by atoms with E-state index in [9.17, 15) is 4.79 Å². The first kappa shape index (κ1) is 26.2. The van der Waals surface area contributed by atoms with Gasteiger partial charge < -0.3 is 24.7 Å². The van der Waals surface area contributed by atoms with Crippen molar-refractivity contribution < 1.29 is 9.53 Å². The SMILES string of the molecule is CCNC(=NCCc1cn2cccc(C)c2n1)NC1CCCN(C(=O)OC(C)(C)C)C1.I. The van der Waals surface area contributed by atoms with Crippen molar-refractivity contribution >= 4 is 41.7 Å². The van der Waals surface area contributed by atoms with Crippen molar-refractivity contribution in [1.82, 2.24) is 24.9 Å². The number of nitrogens with zero attached hydrogens (tertiary/aromatic N) is 4. The molecule has 2 aromatic rings. The summed E-state index contributed by atoms with van der Waals surface area (Å²) in [5, 5.41) is 6.80. The number of rotatable bonds is 5. The van der Waals surface area contributed by atoms with Gasteiger partial charge in [0.2, 0.25) is 0 Å². The molecule has 0 aromatic carbocycles. The van der Waals surface area contributed by atoms with Crippen molar-refractivity contribution in [3.63, 3.8) is 0 Å². The Kier molecular flexibility index (Phi) is 9.60. The first-order chi connectivity index (χ1) is 14.7. The number of guanidine groups is 1. The molecular formula is C23H37IN6O2. The molecule has 32 heavy (non-hydrogen) atoms. The topological polar surface area (TPSA) is 83.3 Å². The number of aryl methyl sites for hydroxylation is 1. The summed E-state index contributed by atoms with van der Waals surface area (Å²) in [6.07, 6.45) is 6.55. The van der Waals surface area contributed by atoms with Crippen LogP contribution < -0.4 is 10.6 Å². The van der Waals surface area contributed by atoms with Gasteiger partial charge in [0.15, 0.2) is 5.96 Å². The van der Waals surface area contributed by atoms with E-state index in [2.05, 4.69) is 41.1 Å². The Hall–Kier alpha value is -2.04. The van der Waals surface area contributed by atoms with E-state index in [4.69, 9.17) is 14.7 Å². The molecule has 1 aliphatic heterocycles. The van der Waals surface area contributed by atoms with Crippen LogP contribution in [0, 0.1) is 6.92 Å². The van der Waals surface area contributed by atoms with Gasteiger partial charge in [-0.25, -0.2) is 9.78 Å². The molecule has 0 aliphatic carbocycles. The highest BCUT2D eigenvalue weighted by molar-refractivity contribution is 14.0. The number of aliphatic imine (C=N–C) groups is 1. The molecular weight excluding hydrogens is 519 g/mol. The molecule has 0 spiro atoms. The highest BCUT2D eigenvalue weighted by Gasteiger charge is 2.28. The summed E-state index contributed by atoms with van der Waals surface area (Å²) < 4.78 is 7.59. The third-order valence-electron chi connectivity index (χ3n) is 5.12. The predicted octanol–water partition coefficient (Wildman–Crippen LogP) is 3.76. The predicted molar refractivity (Wildman–Crippen MR) is 139 cm³/mol. The van der Waals surface area contributed by atoms with E-state index in [0.717, 1.165) is 49.7 Å².